The number of hydrogen-bond acceptors (Lipinski definition) is 3. The Morgan fingerprint density at radius 2 is 2.15 bits per heavy atom. The summed E-state index contributed by atoms with van der Waals surface area (Å²) in [6.07, 6.45) is 6.34. The molecular weight excluding hydrogens is 316 g/mol. The van der Waals surface area contributed by atoms with E-state index in [1.807, 2.05) is 6.07 Å². The minimum Gasteiger partial charge on any atom is -0.370 e. The molecule has 20 heavy (non-hydrogen) atoms. The van der Waals surface area contributed by atoms with Crippen LogP contribution in [0.2, 0.25) is 0 Å². The smallest absolute Gasteiger partial charge is 0.129 e. The van der Waals surface area contributed by atoms with Gasteiger partial charge in [-0.3, -0.25) is 0 Å². The molecule has 4 nitrogen and oxygen atoms in total. The van der Waals surface area contributed by atoms with Crippen LogP contribution in [0.3, 0.4) is 0 Å². The Balaban J connectivity index is 1.78. The fraction of sp³-hybridized carbons (Fsp3) is 0.200. The molecule has 0 saturated heterocycles. The quantitative estimate of drug-likeness (QED) is 0.797. The van der Waals surface area contributed by atoms with Crippen LogP contribution in [0.15, 0.2) is 47.5 Å². The van der Waals surface area contributed by atoms with Gasteiger partial charge in [-0.25, -0.2) is 9.97 Å². The van der Waals surface area contributed by atoms with Crippen molar-refractivity contribution in [3.8, 4) is 0 Å². The second kappa shape index (κ2) is 5.63. The van der Waals surface area contributed by atoms with Crippen LogP contribution in [-0.2, 0) is 13.5 Å². The molecule has 3 aromatic rings. The van der Waals surface area contributed by atoms with Gasteiger partial charge in [0.05, 0.1) is 5.52 Å². The average molecular weight is 331 g/mol. The first kappa shape index (κ1) is 13.1. The van der Waals surface area contributed by atoms with Gasteiger partial charge in [0.2, 0.25) is 0 Å². The van der Waals surface area contributed by atoms with Gasteiger partial charge in [0.25, 0.3) is 0 Å². The second-order valence-electron chi connectivity index (χ2n) is 4.67. The number of nitrogens with zero attached hydrogens (tertiary/aromatic N) is 3. The van der Waals surface area contributed by atoms with Gasteiger partial charge in [-0.15, -0.1) is 0 Å². The monoisotopic (exact) mass is 330 g/mol. The van der Waals surface area contributed by atoms with Crippen molar-refractivity contribution in [3.63, 3.8) is 0 Å². The van der Waals surface area contributed by atoms with Crippen LogP contribution in [-0.4, -0.2) is 21.1 Å². The van der Waals surface area contributed by atoms with Gasteiger partial charge < -0.3 is 9.88 Å². The third-order valence-corrected chi connectivity index (χ3v) is 4.04. The van der Waals surface area contributed by atoms with E-state index >= 15 is 0 Å². The summed E-state index contributed by atoms with van der Waals surface area (Å²) in [5, 5.41) is 4.57. The molecule has 1 N–H and O–H groups in total. The summed E-state index contributed by atoms with van der Waals surface area (Å²) < 4.78 is 3.31. The van der Waals surface area contributed by atoms with Gasteiger partial charge in [0.15, 0.2) is 0 Å². The molecule has 1 aromatic carbocycles. The lowest BCUT2D eigenvalue weighted by Crippen LogP contribution is -2.07. The highest BCUT2D eigenvalue weighted by Gasteiger charge is 2.07. The molecule has 0 amide bonds. The van der Waals surface area contributed by atoms with E-state index in [4.69, 9.17) is 0 Å². The van der Waals surface area contributed by atoms with Gasteiger partial charge in [-0.1, -0.05) is 22.0 Å². The predicted molar refractivity (Wildman–Crippen MR) is 84.8 cm³/mol. The van der Waals surface area contributed by atoms with Crippen molar-refractivity contribution in [2.75, 3.05) is 11.9 Å². The van der Waals surface area contributed by atoms with E-state index in [-0.39, 0.29) is 0 Å². The molecule has 0 aliphatic carbocycles. The Kier molecular flexibility index (Phi) is 3.69. The zero-order chi connectivity index (χ0) is 13.9. The maximum atomic E-state index is 4.16. The molecule has 0 spiro atoms. The Labute approximate surface area is 126 Å². The number of benzene rings is 1. The first-order valence-electron chi connectivity index (χ1n) is 6.48. The van der Waals surface area contributed by atoms with E-state index in [0.717, 1.165) is 23.3 Å². The number of fused-ring (bicyclic) bond motifs is 1. The largest absolute Gasteiger partial charge is 0.370 e. The fourth-order valence-electron chi connectivity index (χ4n) is 2.39. The molecule has 0 saturated carbocycles. The lowest BCUT2D eigenvalue weighted by Gasteiger charge is -2.09. The maximum absolute atomic E-state index is 4.16. The van der Waals surface area contributed by atoms with E-state index in [0.29, 0.717) is 0 Å². The Morgan fingerprint density at radius 1 is 1.25 bits per heavy atom. The molecule has 0 aliphatic rings. The SMILES string of the molecule is Cn1ccc2c(Br)ccc(CCNc3ccncn3)c21. The van der Waals surface area contributed by atoms with Crippen molar-refractivity contribution >= 4 is 32.7 Å². The summed E-state index contributed by atoms with van der Waals surface area (Å²) in [7, 11) is 2.08. The molecule has 0 bridgehead atoms. The van der Waals surface area contributed by atoms with E-state index < -0.39 is 0 Å². The van der Waals surface area contributed by atoms with E-state index in [1.54, 1.807) is 12.5 Å². The van der Waals surface area contributed by atoms with Crippen molar-refractivity contribution in [3.05, 3.63) is 53.0 Å². The minimum atomic E-state index is 0.846. The summed E-state index contributed by atoms with van der Waals surface area (Å²) in [5.74, 6) is 0.861. The van der Waals surface area contributed by atoms with Crippen molar-refractivity contribution in [2.45, 2.75) is 6.42 Å². The van der Waals surface area contributed by atoms with Gasteiger partial charge in [0.1, 0.15) is 12.1 Å². The first-order chi connectivity index (χ1) is 9.75. The van der Waals surface area contributed by atoms with Gasteiger partial charge in [0, 0.05) is 35.8 Å². The molecule has 102 valence electrons. The van der Waals surface area contributed by atoms with Crippen molar-refractivity contribution in [1.29, 1.82) is 0 Å². The number of aryl methyl sites for hydroxylation is 1. The zero-order valence-electron chi connectivity index (χ0n) is 11.2. The van der Waals surface area contributed by atoms with Gasteiger partial charge in [-0.2, -0.15) is 0 Å². The van der Waals surface area contributed by atoms with Crippen LogP contribution >= 0.6 is 15.9 Å². The summed E-state index contributed by atoms with van der Waals surface area (Å²) in [4.78, 5) is 8.07. The lowest BCUT2D eigenvalue weighted by atomic mass is 10.1. The summed E-state index contributed by atoms with van der Waals surface area (Å²) in [6, 6.07) is 8.30. The molecule has 3 rings (SSSR count). The second-order valence-corrected chi connectivity index (χ2v) is 5.52. The van der Waals surface area contributed by atoms with E-state index in [2.05, 4.69) is 67.2 Å². The highest BCUT2D eigenvalue weighted by atomic mass is 79.9. The van der Waals surface area contributed by atoms with Gasteiger partial charge in [-0.05, 0) is 30.2 Å². The Hall–Kier alpha value is -1.88. The molecule has 0 fully saturated rings. The topological polar surface area (TPSA) is 42.7 Å². The number of halogens is 1. The number of rotatable bonds is 4. The van der Waals surface area contributed by atoms with E-state index in [1.165, 1.54) is 16.5 Å². The van der Waals surface area contributed by atoms with E-state index in [9.17, 15) is 0 Å². The van der Waals surface area contributed by atoms with Crippen LogP contribution in [0.1, 0.15) is 5.56 Å². The van der Waals surface area contributed by atoms with Gasteiger partial charge >= 0.3 is 0 Å². The zero-order valence-corrected chi connectivity index (χ0v) is 12.8. The van der Waals surface area contributed by atoms with Crippen LogP contribution < -0.4 is 5.32 Å². The summed E-state index contributed by atoms with van der Waals surface area (Å²) >= 11 is 3.60. The first-order valence-corrected chi connectivity index (χ1v) is 7.27. The lowest BCUT2D eigenvalue weighted by molar-refractivity contribution is 0.941. The van der Waals surface area contributed by atoms with Crippen LogP contribution in [0.4, 0.5) is 5.82 Å². The number of aromatic nitrogens is 3. The Morgan fingerprint density at radius 3 is 2.95 bits per heavy atom. The predicted octanol–water partition coefficient (Wildman–Crippen LogP) is 3.39. The summed E-state index contributed by atoms with van der Waals surface area (Å²) in [6.45, 7) is 0.846. The molecule has 5 heteroatoms. The third kappa shape index (κ3) is 2.54. The molecule has 0 unspecified atom stereocenters. The van der Waals surface area contributed by atoms with Crippen LogP contribution in [0.5, 0.6) is 0 Å². The molecule has 2 heterocycles. The highest BCUT2D eigenvalue weighted by Crippen LogP contribution is 2.27. The molecule has 0 radical (unpaired) electrons. The third-order valence-electron chi connectivity index (χ3n) is 3.35. The van der Waals surface area contributed by atoms with Crippen LogP contribution in [0, 0.1) is 0 Å². The number of nitrogens with one attached hydrogen (secondary N) is 1. The standard InChI is InChI=1S/C15H15BrN4/c1-20-9-6-12-13(16)3-2-11(15(12)20)4-8-18-14-5-7-17-10-19-14/h2-3,5-7,9-10H,4,8H2,1H3,(H,17,18,19). The van der Waals surface area contributed by atoms with Crippen molar-refractivity contribution in [2.24, 2.45) is 7.05 Å². The molecule has 0 atom stereocenters. The van der Waals surface area contributed by atoms with Crippen molar-refractivity contribution < 1.29 is 0 Å². The fourth-order valence-corrected chi connectivity index (χ4v) is 2.84. The summed E-state index contributed by atoms with van der Waals surface area (Å²) in [5.41, 5.74) is 2.61. The maximum Gasteiger partial charge on any atom is 0.129 e. The highest BCUT2D eigenvalue weighted by molar-refractivity contribution is 9.10. The Bertz CT molecular complexity index is 721. The van der Waals surface area contributed by atoms with Crippen LogP contribution in [0.25, 0.3) is 10.9 Å². The normalized spacial score (nSPS) is 10.9. The molecule has 2 aromatic heterocycles. The average Bonchev–Trinajstić information content (AvgIpc) is 2.86. The minimum absolute atomic E-state index is 0.846. The molecule has 0 aliphatic heterocycles. The molecular formula is C15H15BrN4. The number of hydrogen-bond donors (Lipinski definition) is 1. The van der Waals surface area contributed by atoms with Crippen molar-refractivity contribution in [1.82, 2.24) is 14.5 Å². The number of anilines is 1.